The number of ether oxygens (including phenoxy) is 1. The third-order valence-electron chi connectivity index (χ3n) is 5.05. The van der Waals surface area contributed by atoms with Gasteiger partial charge in [-0.25, -0.2) is 0 Å². The van der Waals surface area contributed by atoms with Crippen molar-refractivity contribution in [2.75, 3.05) is 4.90 Å². The molecular formula is C25H21ClN2O4. The number of pyridine rings is 1. The minimum atomic E-state index is -0.825. The van der Waals surface area contributed by atoms with Crippen molar-refractivity contribution in [3.63, 3.8) is 0 Å². The van der Waals surface area contributed by atoms with Crippen molar-refractivity contribution in [1.29, 1.82) is 0 Å². The van der Waals surface area contributed by atoms with Crippen molar-refractivity contribution in [1.82, 2.24) is 4.98 Å². The van der Waals surface area contributed by atoms with E-state index in [4.69, 9.17) is 16.3 Å². The van der Waals surface area contributed by atoms with Crippen LogP contribution in [0.5, 0.6) is 5.75 Å². The van der Waals surface area contributed by atoms with E-state index >= 15 is 0 Å². The summed E-state index contributed by atoms with van der Waals surface area (Å²) < 4.78 is 5.71. The molecule has 1 atom stereocenters. The molecular weight excluding hydrogens is 428 g/mol. The molecule has 3 aromatic rings. The number of carbonyl (C=O) groups is 2. The number of rotatable bonds is 5. The summed E-state index contributed by atoms with van der Waals surface area (Å²) in [5.74, 6) is -1.22. The van der Waals surface area contributed by atoms with Gasteiger partial charge in [-0.2, -0.15) is 0 Å². The van der Waals surface area contributed by atoms with Gasteiger partial charge in [-0.3, -0.25) is 19.5 Å². The molecule has 6 nitrogen and oxygen atoms in total. The summed E-state index contributed by atoms with van der Waals surface area (Å²) >= 11 is 6.01. The number of aliphatic hydroxyl groups is 1. The van der Waals surface area contributed by atoms with E-state index in [0.717, 1.165) is 0 Å². The summed E-state index contributed by atoms with van der Waals surface area (Å²) in [5, 5.41) is 11.7. The second-order valence-electron chi connectivity index (χ2n) is 7.62. The molecule has 1 aromatic heterocycles. The quantitative estimate of drug-likeness (QED) is 0.332. The minimum absolute atomic E-state index is 0.00199. The molecule has 0 saturated carbocycles. The lowest BCUT2D eigenvalue weighted by molar-refractivity contribution is -0.132. The molecule has 32 heavy (non-hydrogen) atoms. The largest absolute Gasteiger partial charge is 0.507 e. The Morgan fingerprint density at radius 3 is 2.41 bits per heavy atom. The predicted molar refractivity (Wildman–Crippen MR) is 123 cm³/mol. The van der Waals surface area contributed by atoms with Gasteiger partial charge >= 0.3 is 0 Å². The molecule has 4 rings (SSSR count). The van der Waals surface area contributed by atoms with Gasteiger partial charge < -0.3 is 9.84 Å². The van der Waals surface area contributed by atoms with Crippen LogP contribution in [0.2, 0.25) is 5.02 Å². The van der Waals surface area contributed by atoms with Crippen molar-refractivity contribution in [2.45, 2.75) is 26.0 Å². The van der Waals surface area contributed by atoms with Crippen LogP contribution in [0, 0.1) is 0 Å². The maximum atomic E-state index is 13.1. The monoisotopic (exact) mass is 448 g/mol. The standard InChI is InChI=1S/C25H21ClN2O4/c1-15(2)32-20-5-3-4-17(14-20)23(29)21-22(16-10-12-27-13-11-16)28(25(31)24(21)30)19-8-6-18(26)7-9-19/h3-15,22,29H,1-2H3/b23-21-. The first-order valence-corrected chi connectivity index (χ1v) is 10.5. The summed E-state index contributed by atoms with van der Waals surface area (Å²) in [6.45, 7) is 3.79. The average molecular weight is 449 g/mol. The van der Waals surface area contributed by atoms with Crippen LogP contribution < -0.4 is 9.64 Å². The lowest BCUT2D eigenvalue weighted by Gasteiger charge is -2.25. The second-order valence-corrected chi connectivity index (χ2v) is 8.06. The highest BCUT2D eigenvalue weighted by molar-refractivity contribution is 6.51. The van der Waals surface area contributed by atoms with E-state index in [9.17, 15) is 14.7 Å². The summed E-state index contributed by atoms with van der Waals surface area (Å²) in [6, 6.07) is 16.0. The van der Waals surface area contributed by atoms with Crippen LogP contribution in [0.15, 0.2) is 78.6 Å². The van der Waals surface area contributed by atoms with E-state index in [0.29, 0.717) is 27.6 Å². The number of halogens is 1. The van der Waals surface area contributed by atoms with Gasteiger partial charge in [-0.1, -0.05) is 23.7 Å². The van der Waals surface area contributed by atoms with E-state index < -0.39 is 17.7 Å². The Balaban J connectivity index is 1.89. The number of amides is 1. The first kappa shape index (κ1) is 21.6. The van der Waals surface area contributed by atoms with Gasteiger partial charge in [0, 0.05) is 28.7 Å². The normalized spacial score (nSPS) is 17.8. The summed E-state index contributed by atoms with van der Waals surface area (Å²) in [4.78, 5) is 31.6. The molecule has 1 aliphatic rings. The number of aliphatic hydroxyl groups excluding tert-OH is 1. The molecule has 1 N–H and O–H groups in total. The van der Waals surface area contributed by atoms with E-state index in [1.54, 1.807) is 73.1 Å². The van der Waals surface area contributed by atoms with E-state index in [-0.39, 0.29) is 17.4 Å². The smallest absolute Gasteiger partial charge is 0.300 e. The average Bonchev–Trinajstić information content (AvgIpc) is 3.05. The Morgan fingerprint density at radius 2 is 1.75 bits per heavy atom. The molecule has 0 radical (unpaired) electrons. The number of Topliss-reactive ketones (excluding diaryl/α,β-unsaturated/α-hetero) is 1. The van der Waals surface area contributed by atoms with Gasteiger partial charge in [0.15, 0.2) is 0 Å². The zero-order valence-corrected chi connectivity index (χ0v) is 18.3. The fraction of sp³-hybridized carbons (Fsp3) is 0.160. The third kappa shape index (κ3) is 4.09. The van der Waals surface area contributed by atoms with Gasteiger partial charge in [-0.05, 0) is 67.9 Å². The summed E-state index contributed by atoms with van der Waals surface area (Å²) in [5.41, 5.74) is 1.52. The highest BCUT2D eigenvalue weighted by atomic mass is 35.5. The first-order valence-electron chi connectivity index (χ1n) is 10.1. The van der Waals surface area contributed by atoms with Gasteiger partial charge in [0.1, 0.15) is 11.5 Å². The Hall–Kier alpha value is -3.64. The van der Waals surface area contributed by atoms with Gasteiger partial charge in [0.05, 0.1) is 17.7 Å². The molecule has 2 heterocycles. The predicted octanol–water partition coefficient (Wildman–Crippen LogP) is 5.15. The van der Waals surface area contributed by atoms with Gasteiger partial charge in [-0.15, -0.1) is 0 Å². The summed E-state index contributed by atoms with van der Waals surface area (Å²) in [7, 11) is 0. The summed E-state index contributed by atoms with van der Waals surface area (Å²) in [6.07, 6.45) is 3.10. The highest BCUT2D eigenvalue weighted by Crippen LogP contribution is 2.42. The molecule has 1 unspecified atom stereocenters. The Labute approximate surface area is 190 Å². The van der Waals surface area contributed by atoms with Crippen LogP contribution in [0.1, 0.15) is 31.0 Å². The van der Waals surface area contributed by atoms with Crippen LogP contribution in [-0.4, -0.2) is 27.9 Å². The molecule has 2 aromatic carbocycles. The van der Waals surface area contributed by atoms with Crippen LogP contribution in [0.4, 0.5) is 5.69 Å². The van der Waals surface area contributed by atoms with Crippen LogP contribution in [-0.2, 0) is 9.59 Å². The Bertz CT molecular complexity index is 1190. The van der Waals surface area contributed by atoms with Crippen LogP contribution >= 0.6 is 11.6 Å². The van der Waals surface area contributed by atoms with Crippen LogP contribution in [0.3, 0.4) is 0 Å². The molecule has 0 aliphatic carbocycles. The molecule has 1 fully saturated rings. The number of benzene rings is 2. The maximum Gasteiger partial charge on any atom is 0.300 e. The topological polar surface area (TPSA) is 79.7 Å². The van der Waals surface area contributed by atoms with E-state index in [2.05, 4.69) is 4.98 Å². The zero-order chi connectivity index (χ0) is 22.8. The molecule has 1 saturated heterocycles. The second kappa shape index (κ2) is 8.85. The van der Waals surface area contributed by atoms with E-state index in [1.807, 2.05) is 13.8 Å². The van der Waals surface area contributed by atoms with Crippen LogP contribution in [0.25, 0.3) is 5.76 Å². The molecule has 1 aliphatic heterocycles. The van der Waals surface area contributed by atoms with Gasteiger partial charge in [0.25, 0.3) is 11.7 Å². The highest BCUT2D eigenvalue weighted by Gasteiger charge is 2.46. The maximum absolute atomic E-state index is 13.1. The van der Waals surface area contributed by atoms with Gasteiger partial charge in [0.2, 0.25) is 0 Å². The fourth-order valence-corrected chi connectivity index (χ4v) is 3.83. The van der Waals surface area contributed by atoms with Crippen molar-refractivity contribution < 1.29 is 19.4 Å². The molecule has 0 spiro atoms. The van der Waals surface area contributed by atoms with Crippen molar-refractivity contribution in [2.24, 2.45) is 0 Å². The first-order chi connectivity index (χ1) is 15.4. The third-order valence-corrected chi connectivity index (χ3v) is 5.30. The minimum Gasteiger partial charge on any atom is -0.507 e. The number of nitrogens with zero attached hydrogens (tertiary/aromatic N) is 2. The Morgan fingerprint density at radius 1 is 1.06 bits per heavy atom. The Kier molecular flexibility index (Phi) is 5.97. The number of ketones is 1. The lowest BCUT2D eigenvalue weighted by Crippen LogP contribution is -2.29. The number of aromatic nitrogens is 1. The number of carbonyl (C=O) groups excluding carboxylic acids is 2. The molecule has 7 heteroatoms. The number of anilines is 1. The molecule has 0 bridgehead atoms. The van der Waals surface area contributed by atoms with Crippen molar-refractivity contribution in [3.8, 4) is 5.75 Å². The number of hydrogen-bond donors (Lipinski definition) is 1. The molecule has 162 valence electrons. The zero-order valence-electron chi connectivity index (χ0n) is 17.5. The molecule has 1 amide bonds. The fourth-order valence-electron chi connectivity index (χ4n) is 3.71. The van der Waals surface area contributed by atoms with E-state index in [1.165, 1.54) is 4.90 Å². The lowest BCUT2D eigenvalue weighted by atomic mass is 9.95. The SMILES string of the molecule is CC(C)Oc1cccc(/C(O)=C2/C(=O)C(=O)N(c3ccc(Cl)cc3)C2c2ccncc2)c1. The van der Waals surface area contributed by atoms with Crippen molar-refractivity contribution >= 4 is 34.7 Å². The van der Waals surface area contributed by atoms with Crippen molar-refractivity contribution in [3.05, 3.63) is 94.8 Å². The number of hydrogen-bond acceptors (Lipinski definition) is 5.